The summed E-state index contributed by atoms with van der Waals surface area (Å²) in [5.74, 6) is 0.979. The summed E-state index contributed by atoms with van der Waals surface area (Å²) in [6, 6.07) is 7.77. The second kappa shape index (κ2) is 12.2. The van der Waals surface area contributed by atoms with Crippen LogP contribution in [0.4, 0.5) is 0 Å². The van der Waals surface area contributed by atoms with Gasteiger partial charge >= 0.3 is 0 Å². The van der Waals surface area contributed by atoms with Crippen LogP contribution in [0.3, 0.4) is 0 Å². The van der Waals surface area contributed by atoms with E-state index in [9.17, 15) is 9.59 Å². The van der Waals surface area contributed by atoms with Gasteiger partial charge in [-0.05, 0) is 31.0 Å². The van der Waals surface area contributed by atoms with Crippen LogP contribution in [0.5, 0.6) is 0 Å². The third-order valence-electron chi connectivity index (χ3n) is 5.13. The third-order valence-corrected chi connectivity index (χ3v) is 5.13. The van der Waals surface area contributed by atoms with E-state index >= 15 is 0 Å². The molecular formula is C22H36N6O2. The minimum atomic E-state index is 0.0175. The summed E-state index contributed by atoms with van der Waals surface area (Å²) in [6.07, 6.45) is 0.811. The van der Waals surface area contributed by atoms with Crippen LogP contribution >= 0.6 is 0 Å². The number of piperazine rings is 1. The van der Waals surface area contributed by atoms with Gasteiger partial charge in [0.2, 0.25) is 5.91 Å². The van der Waals surface area contributed by atoms with Crippen LogP contribution in [0.1, 0.15) is 29.8 Å². The Balaban J connectivity index is 1.78. The highest BCUT2D eigenvalue weighted by Crippen LogP contribution is 2.08. The Kier molecular flexibility index (Phi) is 9.60. The molecule has 0 saturated carbocycles. The molecule has 8 nitrogen and oxygen atoms in total. The lowest BCUT2D eigenvalue weighted by Gasteiger charge is -2.33. The summed E-state index contributed by atoms with van der Waals surface area (Å²) >= 11 is 0. The van der Waals surface area contributed by atoms with E-state index in [1.807, 2.05) is 29.2 Å². The fourth-order valence-corrected chi connectivity index (χ4v) is 3.37. The van der Waals surface area contributed by atoms with E-state index in [4.69, 9.17) is 0 Å². The SMILES string of the molecule is CCNC(=NCCN1CCN(C(C)=O)CC1)NCCc1cccc(C(=O)N(C)C)c1. The molecule has 1 aromatic rings. The van der Waals surface area contributed by atoms with E-state index in [0.717, 1.165) is 63.8 Å². The Hall–Kier alpha value is -2.61. The fraction of sp³-hybridized carbons (Fsp3) is 0.591. The first-order valence-corrected chi connectivity index (χ1v) is 10.7. The molecule has 1 aromatic carbocycles. The van der Waals surface area contributed by atoms with Crippen molar-refractivity contribution >= 4 is 17.8 Å². The van der Waals surface area contributed by atoms with Crippen LogP contribution in [0.25, 0.3) is 0 Å². The Labute approximate surface area is 180 Å². The van der Waals surface area contributed by atoms with Crippen molar-refractivity contribution in [2.24, 2.45) is 4.99 Å². The van der Waals surface area contributed by atoms with Crippen molar-refractivity contribution in [2.45, 2.75) is 20.3 Å². The summed E-state index contributed by atoms with van der Waals surface area (Å²) in [4.78, 5) is 34.0. The largest absolute Gasteiger partial charge is 0.357 e. The van der Waals surface area contributed by atoms with Gasteiger partial charge in [0, 0.05) is 72.4 Å². The van der Waals surface area contributed by atoms with Crippen molar-refractivity contribution in [2.75, 3.05) is 66.5 Å². The number of carbonyl (C=O) groups excluding carboxylic acids is 2. The molecule has 0 spiro atoms. The van der Waals surface area contributed by atoms with Crippen LogP contribution in [0.15, 0.2) is 29.3 Å². The molecule has 8 heteroatoms. The maximum Gasteiger partial charge on any atom is 0.253 e. The van der Waals surface area contributed by atoms with Gasteiger partial charge in [-0.25, -0.2) is 0 Å². The second-order valence-electron chi connectivity index (χ2n) is 7.69. The number of nitrogens with zero attached hydrogens (tertiary/aromatic N) is 4. The van der Waals surface area contributed by atoms with E-state index < -0.39 is 0 Å². The van der Waals surface area contributed by atoms with Crippen molar-refractivity contribution in [1.82, 2.24) is 25.3 Å². The van der Waals surface area contributed by atoms with Crippen LogP contribution < -0.4 is 10.6 Å². The number of rotatable bonds is 8. The van der Waals surface area contributed by atoms with Crippen LogP contribution in [-0.2, 0) is 11.2 Å². The molecule has 0 aromatic heterocycles. The fourth-order valence-electron chi connectivity index (χ4n) is 3.37. The molecule has 0 atom stereocenters. The molecule has 2 amide bonds. The highest BCUT2D eigenvalue weighted by molar-refractivity contribution is 5.94. The number of guanidine groups is 1. The van der Waals surface area contributed by atoms with E-state index in [-0.39, 0.29) is 11.8 Å². The molecule has 1 saturated heterocycles. The molecule has 2 N–H and O–H groups in total. The van der Waals surface area contributed by atoms with Gasteiger partial charge in [-0.3, -0.25) is 19.5 Å². The predicted octanol–water partition coefficient (Wildman–Crippen LogP) is 0.650. The molecular weight excluding hydrogens is 380 g/mol. The molecule has 1 heterocycles. The highest BCUT2D eigenvalue weighted by Gasteiger charge is 2.17. The monoisotopic (exact) mass is 416 g/mol. The standard InChI is InChI=1S/C22H36N6O2/c1-5-23-22(25-11-12-27-13-15-28(16-14-27)18(2)29)24-10-9-19-7-6-8-20(17-19)21(30)26(3)4/h6-8,17H,5,9-16H2,1-4H3,(H2,23,24,25). The summed E-state index contributed by atoms with van der Waals surface area (Å²) in [5, 5.41) is 6.65. The molecule has 0 radical (unpaired) electrons. The number of hydrogen-bond donors (Lipinski definition) is 2. The minimum absolute atomic E-state index is 0.0175. The zero-order valence-corrected chi connectivity index (χ0v) is 18.8. The molecule has 0 bridgehead atoms. The number of carbonyl (C=O) groups is 2. The van der Waals surface area contributed by atoms with Crippen molar-refractivity contribution in [3.63, 3.8) is 0 Å². The summed E-state index contributed by atoms with van der Waals surface area (Å²) in [6.45, 7) is 10.2. The van der Waals surface area contributed by atoms with Crippen LogP contribution in [-0.4, -0.2) is 98.9 Å². The van der Waals surface area contributed by atoms with Gasteiger partial charge in [0.25, 0.3) is 5.91 Å². The molecule has 1 aliphatic heterocycles. The third kappa shape index (κ3) is 7.67. The maximum atomic E-state index is 12.1. The average molecular weight is 417 g/mol. The van der Waals surface area contributed by atoms with Crippen LogP contribution in [0, 0.1) is 0 Å². The number of nitrogens with one attached hydrogen (secondary N) is 2. The first kappa shape index (κ1) is 23.7. The molecule has 166 valence electrons. The normalized spacial score (nSPS) is 15.1. The van der Waals surface area contributed by atoms with Gasteiger partial charge in [-0.2, -0.15) is 0 Å². The minimum Gasteiger partial charge on any atom is -0.357 e. The zero-order chi connectivity index (χ0) is 21.9. The lowest BCUT2D eigenvalue weighted by atomic mass is 10.1. The van der Waals surface area contributed by atoms with Gasteiger partial charge in [0.05, 0.1) is 6.54 Å². The summed E-state index contributed by atoms with van der Waals surface area (Å²) < 4.78 is 0. The average Bonchev–Trinajstić information content (AvgIpc) is 2.73. The van der Waals surface area contributed by atoms with Gasteiger partial charge < -0.3 is 20.4 Å². The lowest BCUT2D eigenvalue weighted by Crippen LogP contribution is -2.48. The van der Waals surface area contributed by atoms with E-state index in [1.54, 1.807) is 25.9 Å². The van der Waals surface area contributed by atoms with Crippen LogP contribution in [0.2, 0.25) is 0 Å². The van der Waals surface area contributed by atoms with E-state index in [1.165, 1.54) is 0 Å². The lowest BCUT2D eigenvalue weighted by molar-refractivity contribution is -0.130. The summed E-state index contributed by atoms with van der Waals surface area (Å²) in [7, 11) is 3.53. The van der Waals surface area contributed by atoms with Crippen molar-refractivity contribution in [3.05, 3.63) is 35.4 Å². The Bertz CT molecular complexity index is 726. The Morgan fingerprint density at radius 2 is 1.87 bits per heavy atom. The first-order valence-electron chi connectivity index (χ1n) is 10.7. The predicted molar refractivity (Wildman–Crippen MR) is 121 cm³/mol. The first-order chi connectivity index (χ1) is 14.4. The number of amides is 2. The van der Waals surface area contributed by atoms with Gasteiger partial charge in [0.1, 0.15) is 0 Å². The second-order valence-corrected chi connectivity index (χ2v) is 7.69. The molecule has 0 unspecified atom stereocenters. The van der Waals surface area contributed by atoms with E-state index in [0.29, 0.717) is 12.1 Å². The Morgan fingerprint density at radius 3 is 2.50 bits per heavy atom. The summed E-state index contributed by atoms with van der Waals surface area (Å²) in [5.41, 5.74) is 1.83. The molecule has 0 aliphatic carbocycles. The van der Waals surface area contributed by atoms with Gasteiger partial charge in [0.15, 0.2) is 5.96 Å². The molecule has 2 rings (SSSR count). The van der Waals surface area contributed by atoms with E-state index in [2.05, 4.69) is 27.4 Å². The van der Waals surface area contributed by atoms with Crippen molar-refractivity contribution in [1.29, 1.82) is 0 Å². The topological polar surface area (TPSA) is 80.3 Å². The maximum absolute atomic E-state index is 12.1. The zero-order valence-electron chi connectivity index (χ0n) is 18.8. The number of aliphatic imine (C=N–C) groups is 1. The molecule has 1 aliphatic rings. The smallest absolute Gasteiger partial charge is 0.253 e. The quantitative estimate of drug-likeness (QED) is 0.481. The molecule has 30 heavy (non-hydrogen) atoms. The van der Waals surface area contributed by atoms with Crippen molar-refractivity contribution < 1.29 is 9.59 Å². The van der Waals surface area contributed by atoms with Crippen molar-refractivity contribution in [3.8, 4) is 0 Å². The Morgan fingerprint density at radius 1 is 1.13 bits per heavy atom. The highest BCUT2D eigenvalue weighted by atomic mass is 16.2. The molecule has 1 fully saturated rings. The van der Waals surface area contributed by atoms with Gasteiger partial charge in [-0.1, -0.05) is 12.1 Å². The van der Waals surface area contributed by atoms with Gasteiger partial charge in [-0.15, -0.1) is 0 Å². The number of hydrogen-bond acceptors (Lipinski definition) is 4. The number of benzene rings is 1.